The van der Waals surface area contributed by atoms with Gasteiger partial charge in [0.05, 0.1) is 12.6 Å². The molecular weight excluding hydrogens is 240 g/mol. The van der Waals surface area contributed by atoms with Crippen LogP contribution >= 0.6 is 0 Å². The highest BCUT2D eigenvalue weighted by atomic mass is 16.5. The number of nitrogens with zero attached hydrogens (tertiary/aromatic N) is 1. The van der Waals surface area contributed by atoms with Crippen LogP contribution in [0, 0.1) is 0 Å². The number of ether oxygens (including phenoxy) is 1. The van der Waals surface area contributed by atoms with Crippen LogP contribution in [0.1, 0.15) is 26.0 Å². The molecule has 0 spiro atoms. The van der Waals surface area contributed by atoms with Crippen molar-refractivity contribution in [1.29, 1.82) is 0 Å². The van der Waals surface area contributed by atoms with Gasteiger partial charge in [-0.3, -0.25) is 9.78 Å². The van der Waals surface area contributed by atoms with E-state index in [0.717, 1.165) is 40.9 Å². The van der Waals surface area contributed by atoms with Crippen molar-refractivity contribution >= 4 is 22.5 Å². The maximum Gasteiger partial charge on any atom is 0.221 e. The molecule has 2 aromatic rings. The van der Waals surface area contributed by atoms with Crippen LogP contribution in [0.15, 0.2) is 24.3 Å². The average molecular weight is 258 g/mol. The Balaban J connectivity index is 2.52. The first-order chi connectivity index (χ1) is 9.13. The Morgan fingerprint density at radius 1 is 1.37 bits per heavy atom. The number of anilines is 1. The molecule has 4 heteroatoms. The first-order valence-electron chi connectivity index (χ1n) is 6.39. The van der Waals surface area contributed by atoms with Crippen LogP contribution in [0.4, 0.5) is 5.69 Å². The quantitative estimate of drug-likeness (QED) is 0.916. The molecule has 2 rings (SSSR count). The largest absolute Gasteiger partial charge is 0.496 e. The lowest BCUT2D eigenvalue weighted by molar-refractivity contribution is -0.114. The smallest absolute Gasteiger partial charge is 0.221 e. The van der Waals surface area contributed by atoms with Crippen molar-refractivity contribution < 1.29 is 9.53 Å². The van der Waals surface area contributed by atoms with Crippen molar-refractivity contribution in [3.63, 3.8) is 0 Å². The Hall–Kier alpha value is -2.10. The number of benzene rings is 1. The van der Waals surface area contributed by atoms with Crippen LogP contribution in [0.3, 0.4) is 0 Å². The normalized spacial score (nSPS) is 10.5. The summed E-state index contributed by atoms with van der Waals surface area (Å²) in [5, 5.41) is 3.68. The van der Waals surface area contributed by atoms with Crippen molar-refractivity contribution in [3.05, 3.63) is 30.0 Å². The minimum atomic E-state index is -0.0890. The standard InChI is InChI=1S/C15H18N2O2/c1-4-5-11-9-15(19-3)13-8-12(16-10(2)18)6-7-14(13)17-11/h6-9H,4-5H2,1-3H3,(H,16,18). The average Bonchev–Trinajstić information content (AvgIpc) is 2.38. The van der Waals surface area contributed by atoms with Gasteiger partial charge in [-0.2, -0.15) is 0 Å². The number of aryl methyl sites for hydroxylation is 1. The molecule has 4 nitrogen and oxygen atoms in total. The molecule has 0 aliphatic carbocycles. The number of rotatable bonds is 4. The van der Waals surface area contributed by atoms with Gasteiger partial charge in [-0.15, -0.1) is 0 Å². The fourth-order valence-electron chi connectivity index (χ4n) is 2.08. The van der Waals surface area contributed by atoms with Crippen molar-refractivity contribution in [3.8, 4) is 5.75 Å². The Bertz CT molecular complexity index is 608. The summed E-state index contributed by atoms with van der Waals surface area (Å²) >= 11 is 0. The molecule has 1 heterocycles. The molecular formula is C15H18N2O2. The number of nitrogens with one attached hydrogen (secondary N) is 1. The molecule has 1 aromatic heterocycles. The molecule has 0 saturated heterocycles. The molecule has 1 N–H and O–H groups in total. The molecule has 19 heavy (non-hydrogen) atoms. The molecule has 0 aliphatic rings. The van der Waals surface area contributed by atoms with E-state index in [2.05, 4.69) is 17.2 Å². The minimum Gasteiger partial charge on any atom is -0.496 e. The zero-order valence-electron chi connectivity index (χ0n) is 11.5. The highest BCUT2D eigenvalue weighted by molar-refractivity contribution is 5.94. The topological polar surface area (TPSA) is 51.2 Å². The first-order valence-corrected chi connectivity index (χ1v) is 6.39. The first kappa shape index (κ1) is 13.3. The summed E-state index contributed by atoms with van der Waals surface area (Å²) < 4.78 is 5.42. The van der Waals surface area contributed by atoms with Crippen LogP contribution in [0.25, 0.3) is 10.9 Å². The van der Waals surface area contributed by atoms with E-state index in [1.54, 1.807) is 7.11 Å². The van der Waals surface area contributed by atoms with Crippen LogP contribution in [0.2, 0.25) is 0 Å². The number of fused-ring (bicyclic) bond motifs is 1. The van der Waals surface area contributed by atoms with Crippen molar-refractivity contribution in [2.45, 2.75) is 26.7 Å². The second-order valence-corrected chi connectivity index (χ2v) is 4.48. The summed E-state index contributed by atoms with van der Waals surface area (Å²) in [5.41, 5.74) is 2.67. The summed E-state index contributed by atoms with van der Waals surface area (Å²) in [5.74, 6) is 0.703. The van der Waals surface area contributed by atoms with Gasteiger partial charge in [0.25, 0.3) is 0 Å². The summed E-state index contributed by atoms with van der Waals surface area (Å²) in [6.07, 6.45) is 1.98. The van der Waals surface area contributed by atoms with Gasteiger partial charge >= 0.3 is 0 Å². The summed E-state index contributed by atoms with van der Waals surface area (Å²) in [4.78, 5) is 15.7. The lowest BCUT2D eigenvalue weighted by atomic mass is 10.1. The van der Waals surface area contributed by atoms with E-state index in [0.29, 0.717) is 0 Å². The van der Waals surface area contributed by atoms with E-state index in [-0.39, 0.29) is 5.91 Å². The third-order valence-corrected chi connectivity index (χ3v) is 2.87. The van der Waals surface area contributed by atoms with E-state index in [4.69, 9.17) is 4.74 Å². The molecule has 0 saturated carbocycles. The number of pyridine rings is 1. The van der Waals surface area contributed by atoms with E-state index in [9.17, 15) is 4.79 Å². The van der Waals surface area contributed by atoms with E-state index < -0.39 is 0 Å². The molecule has 0 bridgehead atoms. The molecule has 1 aromatic carbocycles. The number of hydrogen-bond donors (Lipinski definition) is 1. The number of carbonyl (C=O) groups excluding carboxylic acids is 1. The fourth-order valence-corrected chi connectivity index (χ4v) is 2.08. The van der Waals surface area contributed by atoms with Crippen molar-refractivity contribution in [2.24, 2.45) is 0 Å². The molecule has 100 valence electrons. The van der Waals surface area contributed by atoms with Gasteiger partial charge in [-0.25, -0.2) is 0 Å². The third kappa shape index (κ3) is 3.02. The SMILES string of the molecule is CCCc1cc(OC)c2cc(NC(C)=O)ccc2n1. The molecule has 1 amide bonds. The Kier molecular flexibility index (Phi) is 4.00. The summed E-state index contributed by atoms with van der Waals surface area (Å²) in [6, 6.07) is 7.61. The van der Waals surface area contributed by atoms with Crippen LogP contribution in [-0.4, -0.2) is 18.0 Å². The molecule has 0 fully saturated rings. The highest BCUT2D eigenvalue weighted by Crippen LogP contribution is 2.28. The third-order valence-electron chi connectivity index (χ3n) is 2.87. The van der Waals surface area contributed by atoms with Crippen LogP contribution < -0.4 is 10.1 Å². The zero-order chi connectivity index (χ0) is 13.8. The molecule has 0 aliphatic heterocycles. The van der Waals surface area contributed by atoms with Crippen LogP contribution in [0.5, 0.6) is 5.75 Å². The lowest BCUT2D eigenvalue weighted by Crippen LogP contribution is -2.05. The van der Waals surface area contributed by atoms with Crippen LogP contribution in [-0.2, 0) is 11.2 Å². The summed E-state index contributed by atoms with van der Waals surface area (Å²) in [7, 11) is 1.65. The predicted molar refractivity (Wildman–Crippen MR) is 76.6 cm³/mol. The molecule has 0 unspecified atom stereocenters. The van der Waals surface area contributed by atoms with E-state index in [1.807, 2.05) is 24.3 Å². The van der Waals surface area contributed by atoms with Gasteiger partial charge in [0.1, 0.15) is 5.75 Å². The number of aromatic nitrogens is 1. The predicted octanol–water partition coefficient (Wildman–Crippen LogP) is 3.15. The minimum absolute atomic E-state index is 0.0890. The van der Waals surface area contributed by atoms with Gasteiger partial charge < -0.3 is 10.1 Å². The second-order valence-electron chi connectivity index (χ2n) is 4.48. The Morgan fingerprint density at radius 2 is 2.16 bits per heavy atom. The fraction of sp³-hybridized carbons (Fsp3) is 0.333. The van der Waals surface area contributed by atoms with Gasteiger partial charge in [0.2, 0.25) is 5.91 Å². The van der Waals surface area contributed by atoms with Gasteiger partial charge in [0.15, 0.2) is 0 Å². The maximum atomic E-state index is 11.1. The van der Waals surface area contributed by atoms with Crippen molar-refractivity contribution in [1.82, 2.24) is 4.98 Å². The number of carbonyl (C=O) groups is 1. The van der Waals surface area contributed by atoms with Gasteiger partial charge in [-0.05, 0) is 24.6 Å². The van der Waals surface area contributed by atoms with Crippen molar-refractivity contribution in [2.75, 3.05) is 12.4 Å². The van der Waals surface area contributed by atoms with Gasteiger partial charge in [0, 0.05) is 29.8 Å². The maximum absolute atomic E-state index is 11.1. The molecule has 0 radical (unpaired) electrons. The lowest BCUT2D eigenvalue weighted by Gasteiger charge is -2.10. The monoisotopic (exact) mass is 258 g/mol. The Labute approximate surface area is 112 Å². The molecule has 0 atom stereocenters. The second kappa shape index (κ2) is 5.69. The zero-order valence-corrected chi connectivity index (χ0v) is 11.5. The Morgan fingerprint density at radius 3 is 2.79 bits per heavy atom. The number of amides is 1. The number of methoxy groups -OCH3 is 1. The van der Waals surface area contributed by atoms with E-state index in [1.165, 1.54) is 6.92 Å². The number of hydrogen-bond acceptors (Lipinski definition) is 3. The summed E-state index contributed by atoms with van der Waals surface area (Å²) in [6.45, 7) is 3.61. The van der Waals surface area contributed by atoms with Gasteiger partial charge in [-0.1, -0.05) is 13.3 Å². The highest BCUT2D eigenvalue weighted by Gasteiger charge is 2.07. The van der Waals surface area contributed by atoms with E-state index >= 15 is 0 Å².